The van der Waals surface area contributed by atoms with Gasteiger partial charge in [0.1, 0.15) is 5.82 Å². The Morgan fingerprint density at radius 2 is 2.11 bits per heavy atom. The second-order valence-electron chi connectivity index (χ2n) is 6.47. The van der Waals surface area contributed by atoms with Crippen molar-refractivity contribution in [3.05, 3.63) is 22.8 Å². The van der Waals surface area contributed by atoms with Crippen LogP contribution in [0.5, 0.6) is 0 Å². The summed E-state index contributed by atoms with van der Waals surface area (Å²) < 4.78 is 0. The molecule has 18 heavy (non-hydrogen) atoms. The van der Waals surface area contributed by atoms with Crippen LogP contribution in [0.2, 0.25) is 5.02 Å². The van der Waals surface area contributed by atoms with Crippen LogP contribution in [0.15, 0.2) is 12.3 Å². The summed E-state index contributed by atoms with van der Waals surface area (Å²) in [4.78, 5) is 4.06. The van der Waals surface area contributed by atoms with E-state index < -0.39 is 5.60 Å². The van der Waals surface area contributed by atoms with E-state index in [9.17, 15) is 5.11 Å². The van der Waals surface area contributed by atoms with Crippen LogP contribution < -0.4 is 5.73 Å². The number of hydrogen-bond acceptors (Lipinski definition) is 3. The van der Waals surface area contributed by atoms with Gasteiger partial charge in [-0.1, -0.05) is 32.4 Å². The Labute approximate surface area is 113 Å². The number of nitrogens with zero attached hydrogens (tertiary/aromatic N) is 1. The van der Waals surface area contributed by atoms with Crippen molar-refractivity contribution in [1.29, 1.82) is 0 Å². The van der Waals surface area contributed by atoms with Crippen LogP contribution in [-0.4, -0.2) is 10.1 Å². The lowest BCUT2D eigenvalue weighted by Gasteiger charge is -2.45. The molecule has 0 amide bonds. The molecule has 2 unspecified atom stereocenters. The molecule has 1 fully saturated rings. The molecule has 0 radical (unpaired) electrons. The summed E-state index contributed by atoms with van der Waals surface area (Å²) in [7, 11) is 0. The topological polar surface area (TPSA) is 59.1 Å². The van der Waals surface area contributed by atoms with Gasteiger partial charge in [-0.2, -0.15) is 0 Å². The Hall–Kier alpha value is -0.800. The molecule has 0 saturated heterocycles. The van der Waals surface area contributed by atoms with E-state index in [2.05, 4.69) is 25.8 Å². The van der Waals surface area contributed by atoms with Crippen molar-refractivity contribution in [2.45, 2.75) is 45.6 Å². The highest BCUT2D eigenvalue weighted by atomic mass is 35.5. The summed E-state index contributed by atoms with van der Waals surface area (Å²) in [6, 6.07) is 1.75. The lowest BCUT2D eigenvalue weighted by Crippen LogP contribution is -2.40. The number of nitrogen functional groups attached to an aromatic ring is 1. The van der Waals surface area contributed by atoms with Gasteiger partial charge in [0.05, 0.1) is 10.6 Å². The molecule has 0 aromatic carbocycles. The van der Waals surface area contributed by atoms with Crippen molar-refractivity contribution in [2.75, 3.05) is 5.73 Å². The molecule has 0 aliphatic heterocycles. The zero-order chi connectivity index (χ0) is 13.6. The summed E-state index contributed by atoms with van der Waals surface area (Å²) in [5, 5.41) is 11.5. The standard InChI is InChI=1S/C14H21ClN2O/c1-9-5-13(2,3)8-14(18,6-9)11-4-10(15)7-17-12(11)16/h4,7,9,18H,5-6,8H2,1-3H3,(H2,16,17). The van der Waals surface area contributed by atoms with Crippen LogP contribution in [0.3, 0.4) is 0 Å². The number of pyridine rings is 1. The van der Waals surface area contributed by atoms with Crippen LogP contribution >= 0.6 is 11.6 Å². The van der Waals surface area contributed by atoms with Crippen molar-refractivity contribution in [3.8, 4) is 0 Å². The molecule has 1 saturated carbocycles. The second kappa shape index (κ2) is 4.39. The largest absolute Gasteiger partial charge is 0.385 e. The zero-order valence-electron chi connectivity index (χ0n) is 11.2. The van der Waals surface area contributed by atoms with E-state index in [0.717, 1.165) is 6.42 Å². The SMILES string of the molecule is CC1CC(C)(C)CC(O)(c2cc(Cl)cnc2N)C1. The van der Waals surface area contributed by atoms with Gasteiger partial charge in [0, 0.05) is 11.8 Å². The minimum Gasteiger partial charge on any atom is -0.385 e. The van der Waals surface area contributed by atoms with E-state index in [4.69, 9.17) is 17.3 Å². The molecule has 2 atom stereocenters. The van der Waals surface area contributed by atoms with Gasteiger partial charge in [-0.05, 0) is 36.7 Å². The molecule has 3 nitrogen and oxygen atoms in total. The first-order valence-electron chi connectivity index (χ1n) is 6.36. The molecule has 0 spiro atoms. The first-order valence-corrected chi connectivity index (χ1v) is 6.74. The number of halogens is 1. The molecule has 1 aliphatic rings. The Kier molecular flexibility index (Phi) is 3.32. The third-order valence-corrected chi connectivity index (χ3v) is 3.95. The van der Waals surface area contributed by atoms with Gasteiger partial charge in [-0.15, -0.1) is 0 Å². The van der Waals surface area contributed by atoms with Gasteiger partial charge in [-0.3, -0.25) is 0 Å². The molecular weight excluding hydrogens is 248 g/mol. The third-order valence-electron chi connectivity index (χ3n) is 3.74. The Morgan fingerprint density at radius 3 is 2.72 bits per heavy atom. The van der Waals surface area contributed by atoms with Gasteiger partial charge in [-0.25, -0.2) is 4.98 Å². The van der Waals surface area contributed by atoms with E-state index >= 15 is 0 Å². The van der Waals surface area contributed by atoms with Crippen LogP contribution in [-0.2, 0) is 5.60 Å². The number of aromatic nitrogens is 1. The van der Waals surface area contributed by atoms with Gasteiger partial charge in [0.2, 0.25) is 0 Å². The van der Waals surface area contributed by atoms with Gasteiger partial charge in [0.15, 0.2) is 0 Å². The molecular formula is C14H21ClN2O. The van der Waals surface area contributed by atoms with Crippen LogP contribution in [0.1, 0.15) is 45.6 Å². The van der Waals surface area contributed by atoms with E-state index in [1.54, 1.807) is 6.07 Å². The smallest absolute Gasteiger partial charge is 0.129 e. The maximum atomic E-state index is 11.0. The van der Waals surface area contributed by atoms with Crippen molar-refractivity contribution in [3.63, 3.8) is 0 Å². The van der Waals surface area contributed by atoms with E-state index in [1.807, 2.05) is 0 Å². The summed E-state index contributed by atoms with van der Waals surface area (Å²) in [5.41, 5.74) is 5.77. The first-order chi connectivity index (χ1) is 8.22. The maximum absolute atomic E-state index is 11.0. The summed E-state index contributed by atoms with van der Waals surface area (Å²) in [6.45, 7) is 6.53. The maximum Gasteiger partial charge on any atom is 0.129 e. The Bertz CT molecular complexity index is 461. The fourth-order valence-corrected chi connectivity index (χ4v) is 3.71. The average molecular weight is 269 g/mol. The molecule has 1 aromatic rings. The van der Waals surface area contributed by atoms with Crippen LogP contribution in [0.4, 0.5) is 5.82 Å². The van der Waals surface area contributed by atoms with Crippen molar-refractivity contribution in [1.82, 2.24) is 4.98 Å². The number of rotatable bonds is 1. The molecule has 2 rings (SSSR count). The van der Waals surface area contributed by atoms with Gasteiger partial charge < -0.3 is 10.8 Å². The normalized spacial score (nSPS) is 31.3. The molecule has 4 heteroatoms. The molecule has 1 aliphatic carbocycles. The number of anilines is 1. The zero-order valence-corrected chi connectivity index (χ0v) is 12.0. The van der Waals surface area contributed by atoms with E-state index in [0.29, 0.717) is 35.2 Å². The monoisotopic (exact) mass is 268 g/mol. The summed E-state index contributed by atoms with van der Waals surface area (Å²) in [5.74, 6) is 0.837. The minimum atomic E-state index is -0.914. The molecule has 100 valence electrons. The molecule has 1 heterocycles. The molecule has 0 bridgehead atoms. The highest BCUT2D eigenvalue weighted by Gasteiger charge is 2.43. The predicted octanol–water partition coefficient (Wildman–Crippen LogP) is 3.35. The first kappa shape index (κ1) is 13.6. The van der Waals surface area contributed by atoms with Crippen LogP contribution in [0.25, 0.3) is 0 Å². The van der Waals surface area contributed by atoms with Gasteiger partial charge >= 0.3 is 0 Å². The average Bonchev–Trinajstić information content (AvgIpc) is 2.17. The fourth-order valence-electron chi connectivity index (χ4n) is 3.56. The molecule has 3 N–H and O–H groups in total. The summed E-state index contributed by atoms with van der Waals surface area (Å²) in [6.07, 6.45) is 4.03. The lowest BCUT2D eigenvalue weighted by atomic mass is 9.64. The van der Waals surface area contributed by atoms with Crippen molar-refractivity contribution >= 4 is 17.4 Å². The number of nitrogens with two attached hydrogens (primary N) is 1. The van der Waals surface area contributed by atoms with E-state index in [1.165, 1.54) is 6.20 Å². The Balaban J connectivity index is 2.43. The number of hydrogen-bond donors (Lipinski definition) is 2. The highest BCUT2D eigenvalue weighted by molar-refractivity contribution is 6.30. The van der Waals surface area contributed by atoms with Crippen molar-refractivity contribution in [2.24, 2.45) is 11.3 Å². The quantitative estimate of drug-likeness (QED) is 0.821. The van der Waals surface area contributed by atoms with Gasteiger partial charge in [0.25, 0.3) is 0 Å². The minimum absolute atomic E-state index is 0.0984. The summed E-state index contributed by atoms with van der Waals surface area (Å²) >= 11 is 5.98. The second-order valence-corrected chi connectivity index (χ2v) is 6.91. The van der Waals surface area contributed by atoms with Crippen LogP contribution in [0, 0.1) is 11.3 Å². The highest BCUT2D eigenvalue weighted by Crippen LogP contribution is 2.49. The third kappa shape index (κ3) is 2.62. The molecule has 1 aromatic heterocycles. The fraction of sp³-hybridized carbons (Fsp3) is 0.643. The van der Waals surface area contributed by atoms with Crippen molar-refractivity contribution < 1.29 is 5.11 Å². The Morgan fingerprint density at radius 1 is 1.44 bits per heavy atom. The van der Waals surface area contributed by atoms with E-state index in [-0.39, 0.29) is 5.41 Å². The lowest BCUT2D eigenvalue weighted by molar-refractivity contribution is -0.0631. The number of aliphatic hydroxyl groups is 1. The predicted molar refractivity (Wildman–Crippen MR) is 74.4 cm³/mol.